The molecule has 130 valence electrons. The van der Waals surface area contributed by atoms with Crippen molar-refractivity contribution in [2.24, 2.45) is 0 Å². The molecule has 0 spiro atoms. The first-order valence-corrected chi connectivity index (χ1v) is 14.9. The number of nitrogens with two attached hydrogens (primary N) is 1. The summed E-state index contributed by atoms with van der Waals surface area (Å²) in [5.74, 6) is 0.108. The van der Waals surface area contributed by atoms with Crippen LogP contribution in [0.15, 0.2) is 18.2 Å². The van der Waals surface area contributed by atoms with Crippen LogP contribution in [0.4, 0.5) is 5.69 Å². The van der Waals surface area contributed by atoms with Crippen LogP contribution in [0.2, 0.25) is 15.8 Å². The van der Waals surface area contributed by atoms with E-state index in [0.29, 0.717) is 0 Å². The third kappa shape index (κ3) is 5.67. The molecule has 0 aliphatic heterocycles. The van der Waals surface area contributed by atoms with Crippen molar-refractivity contribution >= 4 is 29.1 Å². The zero-order valence-electron chi connectivity index (χ0n) is 15.6. The first-order chi connectivity index (χ1) is 11.0. The summed E-state index contributed by atoms with van der Waals surface area (Å²) >= 11 is -2.19. The van der Waals surface area contributed by atoms with E-state index in [1.54, 1.807) is 6.92 Å². The van der Waals surface area contributed by atoms with Crippen molar-refractivity contribution in [2.75, 3.05) is 5.73 Å². The van der Waals surface area contributed by atoms with Gasteiger partial charge in [-0.2, -0.15) is 0 Å². The Balaban J connectivity index is 3.25. The van der Waals surface area contributed by atoms with E-state index >= 15 is 0 Å². The summed E-state index contributed by atoms with van der Waals surface area (Å²) in [5, 5.41) is 4.17. The quantitative estimate of drug-likeness (QED) is 0.313. The number of hydrogen-bond acceptors (Lipinski definition) is 2. The van der Waals surface area contributed by atoms with Gasteiger partial charge in [-0.3, -0.25) is 0 Å². The number of carbonyl (C=O) groups excluding carboxylic acids is 1. The third-order valence-electron chi connectivity index (χ3n) is 5.06. The van der Waals surface area contributed by atoms with Crippen molar-refractivity contribution < 1.29 is 4.79 Å². The van der Waals surface area contributed by atoms with Crippen LogP contribution in [0.1, 0.15) is 76.6 Å². The molecule has 0 unspecified atom stereocenters. The van der Waals surface area contributed by atoms with Gasteiger partial charge in [0.2, 0.25) is 0 Å². The normalized spacial score (nSPS) is 11.7. The van der Waals surface area contributed by atoms with E-state index in [9.17, 15) is 4.79 Å². The van der Waals surface area contributed by atoms with Crippen molar-refractivity contribution in [1.29, 1.82) is 0 Å². The van der Waals surface area contributed by atoms with Crippen molar-refractivity contribution in [3.8, 4) is 0 Å². The molecule has 0 aliphatic carbocycles. The van der Waals surface area contributed by atoms with Gasteiger partial charge in [0.05, 0.1) is 0 Å². The maximum atomic E-state index is 11.6. The second kappa shape index (κ2) is 10.2. The molecule has 0 aliphatic rings. The molecule has 0 radical (unpaired) electrons. The fourth-order valence-electron chi connectivity index (χ4n) is 3.59. The van der Waals surface area contributed by atoms with Gasteiger partial charge < -0.3 is 0 Å². The van der Waals surface area contributed by atoms with Gasteiger partial charge in [0, 0.05) is 0 Å². The van der Waals surface area contributed by atoms with Crippen LogP contribution in [0.25, 0.3) is 0 Å². The van der Waals surface area contributed by atoms with Gasteiger partial charge in [-0.1, -0.05) is 0 Å². The monoisotopic (exact) mass is 379 g/mol. The predicted octanol–water partition coefficient (Wildman–Crippen LogP) is 5.53. The molecule has 0 bridgehead atoms. The molecule has 0 heterocycles. The Hall–Kier alpha value is -0.767. The Morgan fingerprint density at radius 1 is 0.957 bits per heavy atom. The zero-order chi connectivity index (χ0) is 17.3. The number of benzene rings is 1. The Morgan fingerprint density at radius 3 is 1.78 bits per heavy atom. The van der Waals surface area contributed by atoms with Gasteiger partial charge in [-0.25, -0.2) is 0 Å². The Labute approximate surface area is 145 Å². The van der Waals surface area contributed by atoms with E-state index in [2.05, 4.69) is 26.8 Å². The van der Waals surface area contributed by atoms with E-state index in [-0.39, 0.29) is 5.78 Å². The van der Waals surface area contributed by atoms with Crippen molar-refractivity contribution in [3.05, 3.63) is 23.8 Å². The van der Waals surface area contributed by atoms with Gasteiger partial charge in [-0.15, -0.1) is 0 Å². The summed E-state index contributed by atoms with van der Waals surface area (Å²) in [4.78, 5) is 11.6. The summed E-state index contributed by atoms with van der Waals surface area (Å²) in [7, 11) is 0. The van der Waals surface area contributed by atoms with Crippen LogP contribution < -0.4 is 10.1 Å². The van der Waals surface area contributed by atoms with Crippen molar-refractivity contribution in [1.82, 2.24) is 0 Å². The van der Waals surface area contributed by atoms with Gasteiger partial charge in [-0.05, 0) is 0 Å². The minimum absolute atomic E-state index is 0.108. The van der Waals surface area contributed by atoms with E-state index in [4.69, 9.17) is 5.73 Å². The van der Waals surface area contributed by atoms with Crippen LogP contribution in [0.3, 0.4) is 0 Å². The SMILES string of the molecule is CCC[CH2][Ge]([CH2]CCC)([CH2]CCC)[c]1ccc(C(C)=O)cc1N. The fraction of sp³-hybridized carbons (Fsp3) is 0.650. The van der Waals surface area contributed by atoms with Crippen molar-refractivity contribution in [2.45, 2.75) is 82.0 Å². The summed E-state index contributed by atoms with van der Waals surface area (Å²) in [6, 6.07) is 6.16. The van der Waals surface area contributed by atoms with Gasteiger partial charge >= 0.3 is 145 Å². The Morgan fingerprint density at radius 2 is 1.43 bits per heavy atom. The average Bonchev–Trinajstić information content (AvgIpc) is 2.54. The van der Waals surface area contributed by atoms with Gasteiger partial charge in [0.15, 0.2) is 0 Å². The predicted molar refractivity (Wildman–Crippen MR) is 105 cm³/mol. The summed E-state index contributed by atoms with van der Waals surface area (Å²) in [6.07, 6.45) is 7.74. The van der Waals surface area contributed by atoms with Crippen LogP contribution in [-0.2, 0) is 0 Å². The molecule has 23 heavy (non-hydrogen) atoms. The molecule has 0 saturated heterocycles. The van der Waals surface area contributed by atoms with Crippen LogP contribution in [0, 0.1) is 0 Å². The van der Waals surface area contributed by atoms with Crippen molar-refractivity contribution in [3.63, 3.8) is 0 Å². The number of anilines is 1. The molecule has 0 saturated carbocycles. The molecule has 0 fully saturated rings. The zero-order valence-corrected chi connectivity index (χ0v) is 17.7. The molecule has 2 N–H and O–H groups in total. The van der Waals surface area contributed by atoms with Crippen LogP contribution >= 0.6 is 0 Å². The minimum atomic E-state index is -2.19. The number of ketones is 1. The van der Waals surface area contributed by atoms with E-state index in [1.807, 2.05) is 12.1 Å². The van der Waals surface area contributed by atoms with E-state index in [0.717, 1.165) is 11.3 Å². The summed E-state index contributed by atoms with van der Waals surface area (Å²) in [5.41, 5.74) is 8.10. The standard InChI is InChI=1S/C20H35GeNO/c1-5-8-13-21(14-9-6-2,15-10-7-3)19-12-11-18(17(4)23)16-20(19)22/h11-12,16H,5-10,13-15,22H2,1-4H3. The Kier molecular flexibility index (Phi) is 8.97. The fourth-order valence-corrected chi connectivity index (χ4v) is 15.7. The molecular weight excluding hydrogens is 343 g/mol. The number of unbranched alkanes of at least 4 members (excludes halogenated alkanes) is 3. The van der Waals surface area contributed by atoms with Gasteiger partial charge in [0.1, 0.15) is 0 Å². The van der Waals surface area contributed by atoms with E-state index < -0.39 is 13.3 Å². The molecule has 2 nitrogen and oxygen atoms in total. The maximum absolute atomic E-state index is 11.6. The topological polar surface area (TPSA) is 43.1 Å². The Bertz CT molecular complexity index is 477. The average molecular weight is 378 g/mol. The molecule has 0 atom stereocenters. The first kappa shape index (κ1) is 20.3. The molecule has 3 heteroatoms. The molecule has 1 aromatic carbocycles. The third-order valence-corrected chi connectivity index (χ3v) is 16.7. The molecule has 1 rings (SSSR count). The number of rotatable bonds is 11. The summed E-state index contributed by atoms with van der Waals surface area (Å²) < 4.78 is 1.46. The second-order valence-corrected chi connectivity index (χ2v) is 16.6. The molecule has 0 amide bonds. The number of Topliss-reactive ketones (excluding diaryl/α,β-unsaturated/α-hetero) is 1. The molecule has 1 aromatic rings. The first-order valence-electron chi connectivity index (χ1n) is 9.41. The number of carbonyl (C=O) groups is 1. The number of hydrogen-bond donors (Lipinski definition) is 1. The van der Waals surface area contributed by atoms with Crippen LogP contribution in [0.5, 0.6) is 0 Å². The summed E-state index contributed by atoms with van der Waals surface area (Å²) in [6.45, 7) is 8.48. The second-order valence-electron chi connectivity index (χ2n) is 6.95. The number of nitrogen functional groups attached to an aromatic ring is 1. The van der Waals surface area contributed by atoms with E-state index in [1.165, 1.54) is 58.7 Å². The van der Waals surface area contributed by atoms with Crippen LogP contribution in [-0.4, -0.2) is 19.0 Å². The molecule has 0 aromatic heterocycles. The van der Waals surface area contributed by atoms with Gasteiger partial charge in [0.25, 0.3) is 0 Å². The molecular formula is C20H35GeNO.